The molecule has 0 N–H and O–H groups in total. The summed E-state index contributed by atoms with van der Waals surface area (Å²) in [5.41, 5.74) is 0. The molecule has 0 aromatic heterocycles. The summed E-state index contributed by atoms with van der Waals surface area (Å²) in [5.74, 6) is 0. The second kappa shape index (κ2) is 12.3. The van der Waals surface area contributed by atoms with E-state index in [-0.39, 0.29) is 0 Å². The number of rotatable bonds is 10. The van der Waals surface area contributed by atoms with Gasteiger partial charge in [-0.05, 0) is 6.42 Å². The molecule has 0 saturated heterocycles. The first-order valence-electron chi connectivity index (χ1n) is 6.01. The predicted octanol–water partition coefficient (Wildman–Crippen LogP) is 5.72. The summed E-state index contributed by atoms with van der Waals surface area (Å²) in [7, 11) is 0. The van der Waals surface area contributed by atoms with Gasteiger partial charge in [-0.2, -0.15) is 0 Å². The van der Waals surface area contributed by atoms with Gasteiger partial charge < -0.3 is 0 Å². The lowest BCUT2D eigenvalue weighted by atomic mass is 10.1. The first kappa shape index (κ1) is 15.2. The molecule has 0 radical (unpaired) electrons. The predicted molar refractivity (Wildman–Crippen MR) is 78.8 cm³/mol. The second-order valence-corrected chi connectivity index (χ2v) is 6.42. The monoisotopic (exact) mass is 374 g/mol. The van der Waals surface area contributed by atoms with Gasteiger partial charge in [0, 0.05) is 9.25 Å². The van der Waals surface area contributed by atoms with E-state index in [0.717, 1.165) is 9.25 Å². The number of hydrogen-bond acceptors (Lipinski definition) is 0. The summed E-state index contributed by atoms with van der Waals surface area (Å²) in [5, 5.41) is 1.16. The van der Waals surface area contributed by atoms with E-state index >= 15 is 0 Å². The largest absolute Gasteiger partial charge is 0.0917 e. The van der Waals surface area contributed by atoms with Crippen LogP contribution >= 0.6 is 38.5 Å². The lowest BCUT2D eigenvalue weighted by Crippen LogP contribution is -1.97. The zero-order valence-electron chi connectivity index (χ0n) is 9.40. The fraction of sp³-hybridized carbons (Fsp3) is 1.00. The van der Waals surface area contributed by atoms with E-state index in [2.05, 4.69) is 45.4 Å². The summed E-state index contributed by atoms with van der Waals surface area (Å²) in [6.45, 7) is 2.28. The van der Waals surface area contributed by atoms with E-state index < -0.39 is 0 Å². The summed E-state index contributed by atoms with van der Waals surface area (Å²) in [4.78, 5) is 0. The Kier molecular flexibility index (Phi) is 13.3. The van der Waals surface area contributed by atoms with Crippen LogP contribution in [-0.4, -0.2) is 9.25 Å². The van der Waals surface area contributed by atoms with Crippen LogP contribution in [0.3, 0.4) is 0 Å². The maximum atomic E-state index is 3.52. The molecule has 0 spiro atoms. The molecule has 0 aromatic rings. The van der Waals surface area contributed by atoms with E-state index in [1.54, 1.807) is 0 Å². The van der Waals surface area contributed by atoms with Crippen LogP contribution in [0.5, 0.6) is 0 Å². The van der Waals surface area contributed by atoms with Gasteiger partial charge in [-0.1, -0.05) is 96.8 Å². The van der Waals surface area contributed by atoms with Gasteiger partial charge in [0.15, 0.2) is 0 Å². The molecule has 0 aromatic carbocycles. The van der Waals surface area contributed by atoms with Crippen LogP contribution in [0.4, 0.5) is 0 Å². The third-order valence-electron chi connectivity index (χ3n) is 2.54. The minimum absolute atomic E-state index is 0.840. The fourth-order valence-electron chi connectivity index (χ4n) is 1.58. The van der Waals surface area contributed by atoms with E-state index in [4.69, 9.17) is 0 Å². The normalized spacial score (nSPS) is 13.1. The molecule has 1 unspecified atom stereocenters. The van der Waals surface area contributed by atoms with E-state index in [1.807, 2.05) is 0 Å². The van der Waals surface area contributed by atoms with E-state index in [1.165, 1.54) is 57.8 Å². The Morgan fingerprint density at radius 3 is 1.93 bits per heavy atom. The van der Waals surface area contributed by atoms with Gasteiger partial charge in [0.1, 0.15) is 0 Å². The molecular weight excluding hydrogens is 351 g/mol. The first-order chi connectivity index (χ1) is 6.81. The average molecular weight is 375 g/mol. The number of hydrogen-bond donors (Lipinski definition) is 0. The van der Waals surface area contributed by atoms with Crippen molar-refractivity contribution in [2.24, 2.45) is 0 Å². The highest BCUT2D eigenvalue weighted by atomic mass is 127. The molecule has 2 heteroatoms. The highest BCUT2D eigenvalue weighted by Gasteiger charge is 2.00. The van der Waals surface area contributed by atoms with Crippen LogP contribution in [0, 0.1) is 0 Å². The maximum Gasteiger partial charge on any atom is 0.0207 e. The van der Waals surface area contributed by atoms with Crippen LogP contribution in [0.15, 0.2) is 0 Å². The molecule has 14 heavy (non-hydrogen) atoms. The molecule has 86 valence electrons. The van der Waals surface area contributed by atoms with Gasteiger partial charge in [-0.3, -0.25) is 0 Å². The molecule has 0 rings (SSSR count). The summed E-state index contributed by atoms with van der Waals surface area (Å²) < 4.78 is 0.840. The maximum absolute atomic E-state index is 3.52. The molecule has 1 atom stereocenters. The number of halogens is 2. The van der Waals surface area contributed by atoms with Crippen LogP contribution < -0.4 is 0 Å². The highest BCUT2D eigenvalue weighted by molar-refractivity contribution is 14.1. The first-order valence-corrected chi connectivity index (χ1v) is 8.38. The molecule has 0 fully saturated rings. The molecule has 0 aliphatic carbocycles. The summed E-state index contributed by atoms with van der Waals surface area (Å²) in [6.07, 6.45) is 12.9. The standard InChI is InChI=1S/C12H24BrI/c1-2-3-4-5-6-7-8-9-10-12(14)11-13/h12H,2-11H2,1H3. The minimum atomic E-state index is 0.840. The quantitative estimate of drug-likeness (QED) is 0.261. The topological polar surface area (TPSA) is 0 Å². The van der Waals surface area contributed by atoms with Crippen molar-refractivity contribution in [3.8, 4) is 0 Å². The van der Waals surface area contributed by atoms with Crippen molar-refractivity contribution < 1.29 is 0 Å². The van der Waals surface area contributed by atoms with Crippen LogP contribution in [0.1, 0.15) is 64.7 Å². The van der Waals surface area contributed by atoms with Crippen molar-refractivity contribution in [3.63, 3.8) is 0 Å². The third-order valence-corrected chi connectivity index (χ3v) is 5.59. The summed E-state index contributed by atoms with van der Waals surface area (Å²) in [6, 6.07) is 0. The molecular formula is C12H24BrI. The Morgan fingerprint density at radius 1 is 0.929 bits per heavy atom. The van der Waals surface area contributed by atoms with Gasteiger partial charge in [0.05, 0.1) is 0 Å². The van der Waals surface area contributed by atoms with E-state index in [9.17, 15) is 0 Å². The Morgan fingerprint density at radius 2 is 1.43 bits per heavy atom. The van der Waals surface area contributed by atoms with Gasteiger partial charge in [-0.25, -0.2) is 0 Å². The Balaban J connectivity index is 2.92. The zero-order valence-corrected chi connectivity index (χ0v) is 13.1. The van der Waals surface area contributed by atoms with Gasteiger partial charge >= 0.3 is 0 Å². The van der Waals surface area contributed by atoms with Crippen molar-refractivity contribution in [1.29, 1.82) is 0 Å². The number of alkyl halides is 2. The second-order valence-electron chi connectivity index (χ2n) is 4.02. The van der Waals surface area contributed by atoms with Crippen LogP contribution in [0.25, 0.3) is 0 Å². The molecule has 0 heterocycles. The van der Waals surface area contributed by atoms with E-state index in [0.29, 0.717) is 0 Å². The minimum Gasteiger partial charge on any atom is -0.0917 e. The summed E-state index contributed by atoms with van der Waals surface area (Å²) >= 11 is 6.06. The number of unbranched alkanes of at least 4 members (excludes halogenated alkanes) is 7. The van der Waals surface area contributed by atoms with Gasteiger partial charge in [0.25, 0.3) is 0 Å². The Hall–Kier alpha value is 1.21. The highest BCUT2D eigenvalue weighted by Crippen LogP contribution is 2.15. The molecule has 0 nitrogen and oxygen atoms in total. The van der Waals surface area contributed by atoms with Gasteiger partial charge in [-0.15, -0.1) is 0 Å². The molecule has 0 saturated carbocycles. The van der Waals surface area contributed by atoms with Crippen molar-refractivity contribution in [2.75, 3.05) is 5.33 Å². The molecule has 0 aliphatic heterocycles. The zero-order chi connectivity index (χ0) is 10.6. The average Bonchev–Trinajstić information content (AvgIpc) is 2.21. The SMILES string of the molecule is CCCCCCCCCCC(I)CBr. The fourth-order valence-corrected chi connectivity index (χ4v) is 2.34. The van der Waals surface area contributed by atoms with Crippen molar-refractivity contribution in [1.82, 2.24) is 0 Å². The smallest absolute Gasteiger partial charge is 0.0207 e. The molecule has 0 amide bonds. The van der Waals surface area contributed by atoms with Crippen molar-refractivity contribution in [3.05, 3.63) is 0 Å². The lowest BCUT2D eigenvalue weighted by molar-refractivity contribution is 0.567. The lowest BCUT2D eigenvalue weighted by Gasteiger charge is -2.05. The Bertz CT molecular complexity index is 106. The van der Waals surface area contributed by atoms with Crippen molar-refractivity contribution in [2.45, 2.75) is 68.6 Å². The molecule has 0 bridgehead atoms. The Labute approximate surface area is 112 Å². The third kappa shape index (κ3) is 11.3. The van der Waals surface area contributed by atoms with Crippen LogP contribution in [0.2, 0.25) is 0 Å². The van der Waals surface area contributed by atoms with Crippen LogP contribution in [-0.2, 0) is 0 Å². The molecule has 0 aliphatic rings. The van der Waals surface area contributed by atoms with Crippen molar-refractivity contribution >= 4 is 38.5 Å². The van der Waals surface area contributed by atoms with Gasteiger partial charge in [0.2, 0.25) is 0 Å².